The highest BCUT2D eigenvalue weighted by atomic mass is 16.3. The third-order valence-electron chi connectivity index (χ3n) is 4.49. The van der Waals surface area contributed by atoms with E-state index in [2.05, 4.69) is 29.4 Å². The summed E-state index contributed by atoms with van der Waals surface area (Å²) in [4.78, 5) is 4.17. The predicted molar refractivity (Wildman–Crippen MR) is 81.6 cm³/mol. The quantitative estimate of drug-likeness (QED) is 0.901. The van der Waals surface area contributed by atoms with Crippen LogP contribution in [-0.2, 0) is 5.60 Å². The molecule has 0 bridgehead atoms. The van der Waals surface area contributed by atoms with Gasteiger partial charge in [0.05, 0.1) is 5.60 Å². The average Bonchev–Trinajstić information content (AvgIpc) is 2.49. The van der Waals surface area contributed by atoms with Gasteiger partial charge < -0.3 is 10.4 Å². The first kappa shape index (κ1) is 13.5. The molecule has 0 spiro atoms. The van der Waals surface area contributed by atoms with Crippen molar-refractivity contribution in [2.45, 2.75) is 44.2 Å². The fraction of sp³-hybridized carbons (Fsp3) is 0.471. The van der Waals surface area contributed by atoms with Crippen LogP contribution in [0.25, 0.3) is 10.8 Å². The van der Waals surface area contributed by atoms with E-state index in [9.17, 15) is 5.11 Å². The zero-order valence-corrected chi connectivity index (χ0v) is 12.0. The molecule has 1 saturated carbocycles. The van der Waals surface area contributed by atoms with Gasteiger partial charge in [0.25, 0.3) is 0 Å². The maximum Gasteiger partial charge on any atom is 0.0903 e. The van der Waals surface area contributed by atoms with Gasteiger partial charge >= 0.3 is 0 Å². The van der Waals surface area contributed by atoms with Crippen molar-refractivity contribution >= 4 is 10.8 Å². The Morgan fingerprint density at radius 3 is 2.85 bits per heavy atom. The highest BCUT2D eigenvalue weighted by Gasteiger charge is 2.35. The topological polar surface area (TPSA) is 45.1 Å². The zero-order valence-electron chi connectivity index (χ0n) is 12.0. The van der Waals surface area contributed by atoms with Crippen LogP contribution in [0.3, 0.4) is 0 Å². The molecule has 1 heterocycles. The molecule has 3 nitrogen and oxygen atoms in total. The highest BCUT2D eigenvalue weighted by Crippen LogP contribution is 2.39. The van der Waals surface area contributed by atoms with Gasteiger partial charge in [-0.05, 0) is 49.2 Å². The standard InChI is InChI=1S/C17H22N2O/c1-2-19-14-6-9-17(20,10-7-14)16-5-3-4-13-12-18-11-8-15(13)16/h3-5,8,11-12,14,19-20H,2,6-7,9-10H2,1H3. The first-order chi connectivity index (χ1) is 9.73. The number of hydrogen-bond donors (Lipinski definition) is 2. The summed E-state index contributed by atoms with van der Waals surface area (Å²) in [5, 5.41) is 16.8. The minimum absolute atomic E-state index is 0.553. The molecule has 1 aromatic carbocycles. The van der Waals surface area contributed by atoms with E-state index in [1.54, 1.807) is 6.20 Å². The first-order valence-electron chi connectivity index (χ1n) is 7.52. The van der Waals surface area contributed by atoms with Crippen molar-refractivity contribution in [3.8, 4) is 0 Å². The Bertz CT molecular complexity index is 583. The van der Waals surface area contributed by atoms with Gasteiger partial charge in [0.2, 0.25) is 0 Å². The minimum atomic E-state index is -0.688. The summed E-state index contributed by atoms with van der Waals surface area (Å²) in [6.07, 6.45) is 7.39. The third kappa shape index (κ3) is 2.43. The molecular formula is C17H22N2O. The van der Waals surface area contributed by atoms with Gasteiger partial charge in [-0.15, -0.1) is 0 Å². The second-order valence-electron chi connectivity index (χ2n) is 5.77. The SMILES string of the molecule is CCNC1CCC(O)(c2cccc3cnccc23)CC1. The van der Waals surface area contributed by atoms with E-state index < -0.39 is 5.60 Å². The van der Waals surface area contributed by atoms with Crippen LogP contribution in [0.5, 0.6) is 0 Å². The van der Waals surface area contributed by atoms with E-state index in [4.69, 9.17) is 0 Å². The third-order valence-corrected chi connectivity index (χ3v) is 4.49. The molecule has 0 atom stereocenters. The van der Waals surface area contributed by atoms with E-state index in [-0.39, 0.29) is 0 Å². The fourth-order valence-corrected chi connectivity index (χ4v) is 3.39. The summed E-state index contributed by atoms with van der Waals surface area (Å²) < 4.78 is 0. The van der Waals surface area contributed by atoms with Crippen LogP contribution in [0.4, 0.5) is 0 Å². The van der Waals surface area contributed by atoms with Crippen molar-refractivity contribution in [2.75, 3.05) is 6.54 Å². The molecule has 1 aliphatic carbocycles. The van der Waals surface area contributed by atoms with Crippen LogP contribution in [0.15, 0.2) is 36.7 Å². The molecule has 1 aromatic heterocycles. The van der Waals surface area contributed by atoms with Gasteiger partial charge in [-0.25, -0.2) is 0 Å². The lowest BCUT2D eigenvalue weighted by atomic mass is 9.76. The van der Waals surface area contributed by atoms with Gasteiger partial charge in [-0.1, -0.05) is 25.1 Å². The minimum Gasteiger partial charge on any atom is -0.385 e. The van der Waals surface area contributed by atoms with Crippen LogP contribution < -0.4 is 5.32 Å². The van der Waals surface area contributed by atoms with Crippen molar-refractivity contribution in [1.82, 2.24) is 10.3 Å². The lowest BCUT2D eigenvalue weighted by Gasteiger charge is -2.37. The van der Waals surface area contributed by atoms with Crippen LogP contribution in [0, 0.1) is 0 Å². The number of nitrogens with one attached hydrogen (secondary N) is 1. The molecule has 1 fully saturated rings. The maximum absolute atomic E-state index is 11.1. The molecule has 0 unspecified atom stereocenters. The van der Waals surface area contributed by atoms with Gasteiger partial charge in [-0.2, -0.15) is 0 Å². The smallest absolute Gasteiger partial charge is 0.0903 e. The highest BCUT2D eigenvalue weighted by molar-refractivity contribution is 5.85. The molecule has 0 radical (unpaired) electrons. The average molecular weight is 270 g/mol. The fourth-order valence-electron chi connectivity index (χ4n) is 3.39. The summed E-state index contributed by atoms with van der Waals surface area (Å²) in [5.41, 5.74) is 0.375. The molecular weight excluding hydrogens is 248 g/mol. The van der Waals surface area contributed by atoms with E-state index in [1.165, 1.54) is 0 Å². The van der Waals surface area contributed by atoms with E-state index in [1.807, 2.05) is 18.3 Å². The van der Waals surface area contributed by atoms with E-state index in [0.29, 0.717) is 6.04 Å². The Kier molecular flexibility index (Phi) is 3.72. The van der Waals surface area contributed by atoms with Gasteiger partial charge in [0.1, 0.15) is 0 Å². The Balaban J connectivity index is 1.91. The lowest BCUT2D eigenvalue weighted by molar-refractivity contribution is -0.00681. The van der Waals surface area contributed by atoms with Gasteiger partial charge in [-0.3, -0.25) is 4.98 Å². The number of pyridine rings is 1. The summed E-state index contributed by atoms with van der Waals surface area (Å²) >= 11 is 0. The summed E-state index contributed by atoms with van der Waals surface area (Å²) in [6.45, 7) is 3.14. The molecule has 0 saturated heterocycles. The van der Waals surface area contributed by atoms with E-state index >= 15 is 0 Å². The normalized spacial score (nSPS) is 26.8. The molecule has 2 aromatic rings. The molecule has 0 amide bonds. The number of fused-ring (bicyclic) bond motifs is 1. The molecule has 3 rings (SSSR count). The Morgan fingerprint density at radius 2 is 2.10 bits per heavy atom. The second kappa shape index (κ2) is 5.51. The Hall–Kier alpha value is -1.45. The van der Waals surface area contributed by atoms with Crippen molar-refractivity contribution in [3.05, 3.63) is 42.2 Å². The van der Waals surface area contributed by atoms with Crippen molar-refractivity contribution in [3.63, 3.8) is 0 Å². The number of benzene rings is 1. The van der Waals surface area contributed by atoms with Gasteiger partial charge in [0.15, 0.2) is 0 Å². The van der Waals surface area contributed by atoms with Gasteiger partial charge in [0, 0.05) is 23.8 Å². The van der Waals surface area contributed by atoms with Crippen molar-refractivity contribution in [2.24, 2.45) is 0 Å². The summed E-state index contributed by atoms with van der Waals surface area (Å²) in [6, 6.07) is 8.71. The molecule has 20 heavy (non-hydrogen) atoms. The Labute approximate surface area is 120 Å². The van der Waals surface area contributed by atoms with Crippen molar-refractivity contribution < 1.29 is 5.11 Å². The van der Waals surface area contributed by atoms with Crippen LogP contribution in [-0.4, -0.2) is 22.7 Å². The summed E-state index contributed by atoms with van der Waals surface area (Å²) in [7, 11) is 0. The van der Waals surface area contributed by atoms with Crippen LogP contribution in [0.2, 0.25) is 0 Å². The number of hydrogen-bond acceptors (Lipinski definition) is 3. The maximum atomic E-state index is 11.1. The molecule has 0 aliphatic heterocycles. The predicted octanol–water partition coefficient (Wildman–Crippen LogP) is 2.97. The van der Waals surface area contributed by atoms with Crippen LogP contribution >= 0.6 is 0 Å². The first-order valence-corrected chi connectivity index (χ1v) is 7.52. The van der Waals surface area contributed by atoms with E-state index in [0.717, 1.165) is 48.6 Å². The monoisotopic (exact) mass is 270 g/mol. The molecule has 1 aliphatic rings. The number of nitrogens with zero attached hydrogens (tertiary/aromatic N) is 1. The second-order valence-corrected chi connectivity index (χ2v) is 5.77. The number of aromatic nitrogens is 1. The number of rotatable bonds is 3. The van der Waals surface area contributed by atoms with Crippen molar-refractivity contribution in [1.29, 1.82) is 0 Å². The molecule has 2 N–H and O–H groups in total. The van der Waals surface area contributed by atoms with Crippen LogP contribution in [0.1, 0.15) is 38.2 Å². The molecule has 3 heteroatoms. The summed E-state index contributed by atoms with van der Waals surface area (Å²) in [5.74, 6) is 0. The molecule has 106 valence electrons. The number of aliphatic hydroxyl groups is 1. The largest absolute Gasteiger partial charge is 0.385 e. The lowest BCUT2D eigenvalue weighted by Crippen LogP contribution is -2.39. The zero-order chi connectivity index (χ0) is 14.0. The Morgan fingerprint density at radius 1 is 1.30 bits per heavy atom.